The van der Waals surface area contributed by atoms with Gasteiger partial charge in [0.15, 0.2) is 11.6 Å². The monoisotopic (exact) mass is 899 g/mol. The summed E-state index contributed by atoms with van der Waals surface area (Å²) in [7, 11) is 1.94. The molecule has 354 valence electrons. The average molecular weight is 900 g/mol. The Bertz CT molecular complexity index is 1930. The topological polar surface area (TPSA) is 301 Å². The number of aryl methyl sites for hydroxylation is 2. The van der Waals surface area contributed by atoms with Gasteiger partial charge in [0.05, 0.1) is 39.6 Å². The zero-order chi connectivity index (χ0) is 46.6. The number of urea groups is 1. The number of anilines is 2. The Hall–Kier alpha value is -5.94. The molecule has 0 spiro atoms. The smallest absolute Gasteiger partial charge is 0.312 e. The largest absolute Gasteiger partial charge is 0.380 e. The molecule has 8 N–H and O–H groups in total. The Morgan fingerprint density at radius 2 is 1.47 bits per heavy atom. The second-order valence-corrected chi connectivity index (χ2v) is 15.7. The van der Waals surface area contributed by atoms with Crippen LogP contribution in [0, 0.1) is 5.92 Å². The van der Waals surface area contributed by atoms with E-state index in [4.69, 9.17) is 30.7 Å². The van der Waals surface area contributed by atoms with Crippen LogP contribution in [0.4, 0.5) is 16.4 Å². The van der Waals surface area contributed by atoms with E-state index in [0.717, 1.165) is 35.5 Å². The van der Waals surface area contributed by atoms with Gasteiger partial charge in [0, 0.05) is 84.3 Å². The van der Waals surface area contributed by atoms with Crippen molar-refractivity contribution in [1.29, 1.82) is 0 Å². The first-order chi connectivity index (χ1) is 30.7. The van der Waals surface area contributed by atoms with Crippen molar-refractivity contribution in [1.82, 2.24) is 50.8 Å². The van der Waals surface area contributed by atoms with E-state index >= 15 is 0 Å². The number of amides is 8. The van der Waals surface area contributed by atoms with E-state index in [0.29, 0.717) is 43.9 Å². The highest BCUT2D eigenvalue weighted by Gasteiger charge is 2.33. The summed E-state index contributed by atoms with van der Waals surface area (Å²) in [6.45, 7) is 9.15. The Balaban J connectivity index is 1.17. The molecule has 2 aliphatic heterocycles. The number of nitrogens with two attached hydrogens (primary N) is 2. The molecule has 1 saturated heterocycles. The number of primary amides is 1. The second-order valence-electron chi connectivity index (χ2n) is 15.7. The van der Waals surface area contributed by atoms with Crippen molar-refractivity contribution in [2.75, 3.05) is 96.1 Å². The molecule has 1 fully saturated rings. The summed E-state index contributed by atoms with van der Waals surface area (Å²) >= 11 is 0. The van der Waals surface area contributed by atoms with E-state index < -0.39 is 41.7 Å². The van der Waals surface area contributed by atoms with Gasteiger partial charge in [0.25, 0.3) is 11.8 Å². The van der Waals surface area contributed by atoms with Crippen LogP contribution in [0.2, 0.25) is 0 Å². The van der Waals surface area contributed by atoms with Gasteiger partial charge in [-0.3, -0.25) is 33.7 Å². The lowest BCUT2D eigenvalue weighted by Gasteiger charge is -2.37. The van der Waals surface area contributed by atoms with Crippen molar-refractivity contribution >= 4 is 64.1 Å². The number of carbonyl (C=O) groups is 7. The molecule has 2 atom stereocenters. The van der Waals surface area contributed by atoms with E-state index in [9.17, 15) is 33.6 Å². The number of hydrogen-bond acceptors (Lipinski definition) is 15. The van der Waals surface area contributed by atoms with Crippen molar-refractivity contribution in [2.24, 2.45) is 18.7 Å². The third-order valence-electron chi connectivity index (χ3n) is 10.6. The molecule has 4 heterocycles. The minimum atomic E-state index is -0.934. The lowest BCUT2D eigenvalue weighted by molar-refractivity contribution is -0.138. The highest BCUT2D eigenvalue weighted by atomic mass is 16.5. The first kappa shape index (κ1) is 50.7. The van der Waals surface area contributed by atoms with Crippen molar-refractivity contribution in [2.45, 2.75) is 77.8 Å². The number of aromatic nitrogens is 4. The van der Waals surface area contributed by atoms with E-state index in [1.165, 1.54) is 12.2 Å². The van der Waals surface area contributed by atoms with Crippen molar-refractivity contribution in [3.8, 4) is 0 Å². The first-order valence-electron chi connectivity index (χ1n) is 21.9. The first-order valence-corrected chi connectivity index (χ1v) is 21.9. The standard InChI is InChI=1S/C41H65N13O10/c1-5-6-9-29-47-35-36(51(29)4)38(50-49-37(35)42)52-17-19-53(20-18-52)40(60)28(8-7-14-45-41(43)61)46-39(59)34(27(2)3)48-31(56)13-21-62-23-25-64-26-24-63-22-15-44-30(55)12-16-54-32(57)10-11-33(54)58/h10-11,27-28,34H,5-9,12-26H2,1-4H3,(H2,42,49)(H,44,55)(H,46,59)(H,48,56)(H3,43,45,61)/t28-,34-/m0/s1. The average Bonchev–Trinajstić information content (AvgIpc) is 3.78. The van der Waals surface area contributed by atoms with Crippen LogP contribution in [0.5, 0.6) is 0 Å². The van der Waals surface area contributed by atoms with E-state index in [1.807, 2.05) is 11.6 Å². The van der Waals surface area contributed by atoms with Crippen LogP contribution in [-0.4, -0.2) is 169 Å². The van der Waals surface area contributed by atoms with E-state index in [1.54, 1.807) is 18.7 Å². The minimum absolute atomic E-state index is 0.000953. The molecular formula is C41H65N13O10. The molecule has 0 aromatic carbocycles. The molecule has 0 aliphatic carbocycles. The molecule has 0 saturated carbocycles. The van der Waals surface area contributed by atoms with Crippen molar-refractivity contribution < 1.29 is 47.8 Å². The van der Waals surface area contributed by atoms with Crippen LogP contribution in [0.15, 0.2) is 12.2 Å². The Kier molecular flexibility index (Phi) is 20.6. The molecule has 2 aromatic heterocycles. The van der Waals surface area contributed by atoms with Gasteiger partial charge >= 0.3 is 6.03 Å². The quantitative estimate of drug-likeness (QED) is 0.0436. The van der Waals surface area contributed by atoms with E-state index in [2.05, 4.69) is 43.3 Å². The number of imide groups is 1. The number of imidazole rings is 1. The molecular weight excluding hydrogens is 835 g/mol. The van der Waals surface area contributed by atoms with E-state index in [-0.39, 0.29) is 102 Å². The fourth-order valence-corrected chi connectivity index (χ4v) is 7.05. The molecule has 8 amide bonds. The second kappa shape index (κ2) is 26.0. The third-order valence-corrected chi connectivity index (χ3v) is 10.6. The number of unbranched alkanes of at least 4 members (excludes halogenated alkanes) is 1. The normalized spacial score (nSPS) is 14.9. The van der Waals surface area contributed by atoms with Gasteiger partial charge in [0.2, 0.25) is 23.6 Å². The summed E-state index contributed by atoms with van der Waals surface area (Å²) in [4.78, 5) is 96.5. The van der Waals surface area contributed by atoms with Gasteiger partial charge in [-0.15, -0.1) is 10.2 Å². The fourth-order valence-electron chi connectivity index (χ4n) is 7.05. The van der Waals surface area contributed by atoms with Crippen LogP contribution in [0.3, 0.4) is 0 Å². The summed E-state index contributed by atoms with van der Waals surface area (Å²) in [6, 6.07) is -2.56. The molecule has 0 unspecified atom stereocenters. The number of hydrogen-bond donors (Lipinski definition) is 6. The molecule has 4 rings (SSSR count). The predicted octanol–water partition coefficient (Wildman–Crippen LogP) is -1.12. The van der Waals surface area contributed by atoms with Crippen LogP contribution >= 0.6 is 0 Å². The highest BCUT2D eigenvalue weighted by molar-refractivity contribution is 6.13. The Morgan fingerprint density at radius 1 is 0.812 bits per heavy atom. The van der Waals surface area contributed by atoms with Gasteiger partial charge < -0.3 is 61.3 Å². The van der Waals surface area contributed by atoms with Crippen LogP contribution in [0.1, 0.15) is 65.1 Å². The highest BCUT2D eigenvalue weighted by Crippen LogP contribution is 2.29. The molecule has 23 heteroatoms. The zero-order valence-electron chi connectivity index (χ0n) is 37.4. The summed E-state index contributed by atoms with van der Waals surface area (Å²) in [5, 5.41) is 19.4. The maximum Gasteiger partial charge on any atom is 0.312 e. The summed E-state index contributed by atoms with van der Waals surface area (Å²) in [5.74, 6) is -0.889. The Morgan fingerprint density at radius 3 is 2.11 bits per heavy atom. The Labute approximate surface area is 372 Å². The molecule has 64 heavy (non-hydrogen) atoms. The zero-order valence-corrected chi connectivity index (χ0v) is 37.4. The molecule has 23 nitrogen and oxygen atoms in total. The number of fused-ring (bicyclic) bond motifs is 1. The number of ether oxygens (including phenoxy) is 3. The number of nitrogens with zero attached hydrogens (tertiary/aromatic N) is 7. The lowest BCUT2D eigenvalue weighted by atomic mass is 10.0. The number of nitrogens with one attached hydrogen (secondary N) is 4. The number of nitrogen functional groups attached to an aromatic ring is 1. The maximum atomic E-state index is 14.0. The fraction of sp³-hybridized carbons (Fsp3) is 0.659. The van der Waals surface area contributed by atoms with Gasteiger partial charge in [-0.05, 0) is 25.2 Å². The van der Waals surface area contributed by atoms with Crippen LogP contribution in [0.25, 0.3) is 11.0 Å². The number of rotatable bonds is 28. The van der Waals surface area contributed by atoms with Gasteiger partial charge in [-0.1, -0.05) is 27.2 Å². The summed E-state index contributed by atoms with van der Waals surface area (Å²) < 4.78 is 18.5. The molecule has 0 bridgehead atoms. The number of piperazine rings is 1. The summed E-state index contributed by atoms with van der Waals surface area (Å²) in [5.41, 5.74) is 12.8. The van der Waals surface area contributed by atoms with Crippen LogP contribution < -0.4 is 37.6 Å². The van der Waals surface area contributed by atoms with Gasteiger partial charge in [-0.2, -0.15) is 0 Å². The lowest BCUT2D eigenvalue weighted by Crippen LogP contribution is -2.58. The minimum Gasteiger partial charge on any atom is -0.380 e. The van der Waals surface area contributed by atoms with Crippen molar-refractivity contribution in [3.63, 3.8) is 0 Å². The van der Waals surface area contributed by atoms with Crippen molar-refractivity contribution in [3.05, 3.63) is 18.0 Å². The van der Waals surface area contributed by atoms with Gasteiger partial charge in [0.1, 0.15) is 28.9 Å². The summed E-state index contributed by atoms with van der Waals surface area (Å²) in [6.07, 6.45) is 5.71. The molecule has 0 radical (unpaired) electrons. The predicted molar refractivity (Wildman–Crippen MR) is 234 cm³/mol. The van der Waals surface area contributed by atoms with Crippen LogP contribution in [-0.2, 0) is 56.4 Å². The van der Waals surface area contributed by atoms with Gasteiger partial charge in [-0.25, -0.2) is 9.78 Å². The number of carbonyl (C=O) groups excluding carboxylic acids is 7. The SMILES string of the molecule is CCCCc1nc2c(N)nnc(N3CCN(C(=O)[C@H](CCCNC(N)=O)NC(=O)[C@@H](NC(=O)CCOCCOCCOCCNC(=O)CCN4C(=O)C=CC4=O)C(C)C)CC3)c2n1C. The maximum absolute atomic E-state index is 14.0. The third kappa shape index (κ3) is 15.4. The molecule has 2 aliphatic rings. The molecule has 2 aromatic rings.